The van der Waals surface area contributed by atoms with E-state index in [0.29, 0.717) is 24.3 Å². The third-order valence-electron chi connectivity index (χ3n) is 4.09. The molecule has 25 heavy (non-hydrogen) atoms. The highest BCUT2D eigenvalue weighted by atomic mass is 16.5. The molecule has 2 heterocycles. The van der Waals surface area contributed by atoms with Crippen molar-refractivity contribution in [3.8, 4) is 5.75 Å². The number of methoxy groups -OCH3 is 1. The first kappa shape index (κ1) is 15.3. The summed E-state index contributed by atoms with van der Waals surface area (Å²) in [5, 5.41) is 4.75. The predicted molar refractivity (Wildman–Crippen MR) is 95.0 cm³/mol. The van der Waals surface area contributed by atoms with Crippen molar-refractivity contribution in [3.63, 3.8) is 0 Å². The quantitative estimate of drug-likeness (QED) is 0.595. The minimum atomic E-state index is -0.255. The molecule has 5 heteroatoms. The van der Waals surface area contributed by atoms with Gasteiger partial charge in [-0.25, -0.2) is 0 Å². The zero-order chi connectivity index (χ0) is 17.2. The molecule has 2 aromatic heterocycles. The molecular formula is C20H17NO4. The van der Waals surface area contributed by atoms with Crippen LogP contribution in [0.25, 0.3) is 21.9 Å². The molecule has 126 valence electrons. The summed E-state index contributed by atoms with van der Waals surface area (Å²) in [5.41, 5.74) is 1.43. The highest BCUT2D eigenvalue weighted by Gasteiger charge is 2.14. The number of carbonyl (C=O) groups is 1. The van der Waals surface area contributed by atoms with Gasteiger partial charge >= 0.3 is 0 Å². The molecule has 2 aromatic carbocycles. The monoisotopic (exact) mass is 335 g/mol. The van der Waals surface area contributed by atoms with Crippen molar-refractivity contribution >= 4 is 27.8 Å². The van der Waals surface area contributed by atoms with Gasteiger partial charge in [0.05, 0.1) is 7.11 Å². The standard InChI is InChI=1S/C20H17NO4/c1-23-17-8-4-6-14-12-18(25-19(14)17)20(22)21-10-9-15-11-13-5-2-3-7-16(13)24-15/h2-8,11-12H,9-10H2,1H3,(H,21,22). The number of hydrogen-bond donors (Lipinski definition) is 1. The highest BCUT2D eigenvalue weighted by Crippen LogP contribution is 2.28. The van der Waals surface area contributed by atoms with Crippen molar-refractivity contribution in [2.45, 2.75) is 6.42 Å². The summed E-state index contributed by atoms with van der Waals surface area (Å²) in [6.07, 6.45) is 0.615. The Hall–Kier alpha value is -3.21. The molecule has 1 amide bonds. The number of nitrogens with one attached hydrogen (secondary N) is 1. The molecule has 5 nitrogen and oxygen atoms in total. The van der Waals surface area contributed by atoms with Gasteiger partial charge in [0.1, 0.15) is 11.3 Å². The molecule has 0 atom stereocenters. The Morgan fingerprint density at radius 2 is 1.88 bits per heavy atom. The summed E-state index contributed by atoms with van der Waals surface area (Å²) < 4.78 is 16.6. The van der Waals surface area contributed by atoms with Crippen molar-refractivity contribution in [2.24, 2.45) is 0 Å². The lowest BCUT2D eigenvalue weighted by atomic mass is 10.2. The van der Waals surface area contributed by atoms with Gasteiger partial charge in [0.2, 0.25) is 0 Å². The van der Waals surface area contributed by atoms with Crippen LogP contribution in [-0.4, -0.2) is 19.6 Å². The van der Waals surface area contributed by atoms with E-state index in [1.54, 1.807) is 19.2 Å². The number of carbonyl (C=O) groups excluding carboxylic acids is 1. The lowest BCUT2D eigenvalue weighted by Crippen LogP contribution is -2.25. The molecule has 0 saturated carbocycles. The van der Waals surface area contributed by atoms with Crippen LogP contribution < -0.4 is 10.1 Å². The second-order valence-corrected chi connectivity index (χ2v) is 5.75. The number of furan rings is 2. The Balaban J connectivity index is 1.43. The molecule has 0 spiro atoms. The van der Waals surface area contributed by atoms with Gasteiger partial charge in [-0.15, -0.1) is 0 Å². The average Bonchev–Trinajstić information content (AvgIpc) is 3.24. The molecule has 4 rings (SSSR count). The van der Waals surface area contributed by atoms with Crippen molar-refractivity contribution in [2.75, 3.05) is 13.7 Å². The molecule has 0 radical (unpaired) electrons. The highest BCUT2D eigenvalue weighted by molar-refractivity contribution is 5.97. The summed E-state index contributed by atoms with van der Waals surface area (Å²) in [5.74, 6) is 1.46. The molecule has 0 bridgehead atoms. The normalized spacial score (nSPS) is 11.1. The van der Waals surface area contributed by atoms with Crippen molar-refractivity contribution in [1.82, 2.24) is 5.32 Å². The van der Waals surface area contributed by atoms with Gasteiger partial charge in [0.15, 0.2) is 17.1 Å². The lowest BCUT2D eigenvalue weighted by molar-refractivity contribution is 0.0928. The molecule has 4 aromatic rings. The topological polar surface area (TPSA) is 64.6 Å². The number of hydrogen-bond acceptors (Lipinski definition) is 4. The second-order valence-electron chi connectivity index (χ2n) is 5.75. The van der Waals surface area contributed by atoms with Crippen molar-refractivity contribution in [1.29, 1.82) is 0 Å². The van der Waals surface area contributed by atoms with E-state index in [-0.39, 0.29) is 11.7 Å². The maximum Gasteiger partial charge on any atom is 0.287 e. The molecular weight excluding hydrogens is 318 g/mol. The third kappa shape index (κ3) is 2.96. The number of para-hydroxylation sites is 2. The molecule has 0 saturated heterocycles. The van der Waals surface area contributed by atoms with E-state index in [9.17, 15) is 4.79 Å². The number of ether oxygens (including phenoxy) is 1. The lowest BCUT2D eigenvalue weighted by Gasteiger charge is -2.01. The van der Waals surface area contributed by atoms with Crippen LogP contribution in [0, 0.1) is 0 Å². The third-order valence-corrected chi connectivity index (χ3v) is 4.09. The first-order valence-corrected chi connectivity index (χ1v) is 8.07. The maximum atomic E-state index is 12.3. The van der Waals surface area contributed by atoms with Gasteiger partial charge < -0.3 is 18.9 Å². The van der Waals surface area contributed by atoms with E-state index < -0.39 is 0 Å². The van der Waals surface area contributed by atoms with Crippen molar-refractivity contribution < 1.29 is 18.4 Å². The Morgan fingerprint density at radius 3 is 2.72 bits per heavy atom. The van der Waals surface area contributed by atoms with Gasteiger partial charge in [-0.05, 0) is 24.3 Å². The van der Waals surface area contributed by atoms with Gasteiger partial charge in [-0.3, -0.25) is 4.79 Å². The largest absolute Gasteiger partial charge is 0.493 e. The van der Waals surface area contributed by atoms with Crippen LogP contribution in [0.1, 0.15) is 16.3 Å². The average molecular weight is 335 g/mol. The van der Waals surface area contributed by atoms with Crippen LogP contribution >= 0.6 is 0 Å². The summed E-state index contributed by atoms with van der Waals surface area (Å²) in [7, 11) is 1.57. The van der Waals surface area contributed by atoms with Crippen molar-refractivity contribution in [3.05, 3.63) is 66.1 Å². The summed E-state index contributed by atoms with van der Waals surface area (Å²) in [4.78, 5) is 12.3. The fourth-order valence-electron chi connectivity index (χ4n) is 2.86. The maximum absolute atomic E-state index is 12.3. The summed E-state index contributed by atoms with van der Waals surface area (Å²) >= 11 is 0. The number of fused-ring (bicyclic) bond motifs is 2. The van der Waals surface area contributed by atoms with E-state index in [0.717, 1.165) is 22.1 Å². The predicted octanol–water partition coefficient (Wildman–Crippen LogP) is 4.16. The molecule has 0 fully saturated rings. The van der Waals surface area contributed by atoms with Crippen LogP contribution in [0.15, 0.2) is 63.4 Å². The first-order chi connectivity index (χ1) is 12.2. The molecule has 1 N–H and O–H groups in total. The molecule has 0 aliphatic rings. The van der Waals surface area contributed by atoms with Gasteiger partial charge in [-0.1, -0.05) is 30.3 Å². The Morgan fingerprint density at radius 1 is 1.04 bits per heavy atom. The second kappa shape index (κ2) is 6.36. The zero-order valence-electron chi connectivity index (χ0n) is 13.7. The minimum Gasteiger partial charge on any atom is -0.493 e. The fraction of sp³-hybridized carbons (Fsp3) is 0.150. The first-order valence-electron chi connectivity index (χ1n) is 8.07. The Labute approximate surface area is 144 Å². The van der Waals surface area contributed by atoms with E-state index >= 15 is 0 Å². The van der Waals surface area contributed by atoms with Gasteiger partial charge in [0.25, 0.3) is 5.91 Å². The van der Waals surface area contributed by atoms with E-state index in [2.05, 4.69) is 5.32 Å². The smallest absolute Gasteiger partial charge is 0.287 e. The van der Waals surface area contributed by atoms with Gasteiger partial charge in [-0.2, -0.15) is 0 Å². The van der Waals surface area contributed by atoms with Gasteiger partial charge in [0, 0.05) is 23.7 Å². The molecule has 0 aliphatic carbocycles. The van der Waals surface area contributed by atoms with Crippen LogP contribution in [0.2, 0.25) is 0 Å². The number of rotatable bonds is 5. The number of amides is 1. The fourth-order valence-corrected chi connectivity index (χ4v) is 2.86. The molecule has 0 unspecified atom stereocenters. The zero-order valence-corrected chi connectivity index (χ0v) is 13.7. The minimum absolute atomic E-state index is 0.255. The van der Waals surface area contributed by atoms with Crippen LogP contribution in [-0.2, 0) is 6.42 Å². The Bertz CT molecular complexity index is 1010. The Kier molecular flexibility index (Phi) is 3.90. The summed E-state index contributed by atoms with van der Waals surface area (Å²) in [6, 6.07) is 17.1. The van der Waals surface area contributed by atoms with E-state index in [1.807, 2.05) is 42.5 Å². The molecule has 0 aliphatic heterocycles. The van der Waals surface area contributed by atoms with E-state index in [1.165, 1.54) is 0 Å². The van der Waals surface area contributed by atoms with Crippen LogP contribution in [0.3, 0.4) is 0 Å². The van der Waals surface area contributed by atoms with Crippen LogP contribution in [0.5, 0.6) is 5.75 Å². The SMILES string of the molecule is COc1cccc2cc(C(=O)NCCc3cc4ccccc4o3)oc12. The number of benzene rings is 2. The van der Waals surface area contributed by atoms with E-state index in [4.69, 9.17) is 13.6 Å². The summed E-state index contributed by atoms with van der Waals surface area (Å²) in [6.45, 7) is 0.465. The van der Waals surface area contributed by atoms with Crippen LogP contribution in [0.4, 0.5) is 0 Å².